The van der Waals surface area contributed by atoms with Gasteiger partial charge in [0.15, 0.2) is 5.65 Å². The van der Waals surface area contributed by atoms with Crippen LogP contribution in [0.25, 0.3) is 5.65 Å². The van der Waals surface area contributed by atoms with E-state index in [1.165, 1.54) is 0 Å². The third-order valence-electron chi connectivity index (χ3n) is 2.87. The number of aryl methyl sites for hydroxylation is 1. The van der Waals surface area contributed by atoms with Crippen molar-refractivity contribution in [2.45, 2.75) is 26.3 Å². The summed E-state index contributed by atoms with van der Waals surface area (Å²) in [5.74, 6) is 0.616. The molecule has 0 aromatic carbocycles. The Labute approximate surface area is 115 Å². The van der Waals surface area contributed by atoms with Crippen LogP contribution in [0.2, 0.25) is 0 Å². The number of hydrogen-bond acceptors (Lipinski definition) is 5. The number of nitrogens with one attached hydrogen (secondary N) is 1. The molecule has 0 amide bonds. The third-order valence-corrected chi connectivity index (χ3v) is 3.97. The molecule has 0 bridgehead atoms. The summed E-state index contributed by atoms with van der Waals surface area (Å²) in [4.78, 5) is 8.81. The molecule has 0 unspecified atom stereocenters. The SMILES string of the molecule is Cc1ccc2nc(NC(C)(C)c3nccs3)nn2c1. The fourth-order valence-electron chi connectivity index (χ4n) is 1.90. The Morgan fingerprint density at radius 1 is 1.32 bits per heavy atom. The topological polar surface area (TPSA) is 55.1 Å². The van der Waals surface area contributed by atoms with Crippen LogP contribution in [0.15, 0.2) is 29.9 Å². The number of aromatic nitrogens is 4. The van der Waals surface area contributed by atoms with E-state index in [0.29, 0.717) is 5.95 Å². The van der Waals surface area contributed by atoms with Crippen LogP contribution < -0.4 is 5.32 Å². The quantitative estimate of drug-likeness (QED) is 0.797. The predicted octanol–water partition coefficient (Wildman–Crippen LogP) is 2.84. The number of nitrogens with zero attached hydrogens (tertiary/aromatic N) is 4. The van der Waals surface area contributed by atoms with E-state index in [1.54, 1.807) is 15.9 Å². The number of thiazole rings is 1. The van der Waals surface area contributed by atoms with Crippen molar-refractivity contribution in [2.24, 2.45) is 0 Å². The first-order chi connectivity index (χ1) is 9.04. The molecule has 0 saturated heterocycles. The highest BCUT2D eigenvalue weighted by Gasteiger charge is 2.24. The molecular formula is C13H15N5S. The Hall–Kier alpha value is -1.95. The van der Waals surface area contributed by atoms with Crippen molar-refractivity contribution in [3.63, 3.8) is 0 Å². The summed E-state index contributed by atoms with van der Waals surface area (Å²) in [6, 6.07) is 3.99. The summed E-state index contributed by atoms with van der Waals surface area (Å²) in [6.45, 7) is 6.18. The highest BCUT2D eigenvalue weighted by atomic mass is 32.1. The van der Waals surface area contributed by atoms with Crippen molar-refractivity contribution in [1.29, 1.82) is 0 Å². The molecule has 3 rings (SSSR count). The van der Waals surface area contributed by atoms with E-state index in [0.717, 1.165) is 16.2 Å². The Bertz CT molecular complexity index is 699. The maximum Gasteiger partial charge on any atom is 0.243 e. The fraction of sp³-hybridized carbons (Fsp3) is 0.308. The van der Waals surface area contributed by atoms with E-state index in [1.807, 2.05) is 36.8 Å². The van der Waals surface area contributed by atoms with E-state index in [-0.39, 0.29) is 5.54 Å². The minimum atomic E-state index is -0.284. The van der Waals surface area contributed by atoms with Gasteiger partial charge in [-0.1, -0.05) is 6.07 Å². The summed E-state index contributed by atoms with van der Waals surface area (Å²) in [7, 11) is 0. The molecule has 0 atom stereocenters. The van der Waals surface area contributed by atoms with E-state index < -0.39 is 0 Å². The van der Waals surface area contributed by atoms with Crippen LogP contribution in [0.4, 0.5) is 5.95 Å². The molecule has 0 spiro atoms. The molecule has 3 aromatic heterocycles. The summed E-state index contributed by atoms with van der Waals surface area (Å²) < 4.78 is 1.79. The summed E-state index contributed by atoms with van der Waals surface area (Å²) >= 11 is 1.62. The van der Waals surface area contributed by atoms with Crippen molar-refractivity contribution >= 4 is 22.9 Å². The zero-order chi connectivity index (χ0) is 13.5. The van der Waals surface area contributed by atoms with Crippen LogP contribution in [0.1, 0.15) is 24.4 Å². The minimum Gasteiger partial charge on any atom is -0.342 e. The molecule has 19 heavy (non-hydrogen) atoms. The van der Waals surface area contributed by atoms with Crippen molar-refractivity contribution < 1.29 is 0 Å². The van der Waals surface area contributed by atoms with Gasteiger partial charge in [-0.15, -0.1) is 16.4 Å². The smallest absolute Gasteiger partial charge is 0.243 e. The molecule has 98 valence electrons. The van der Waals surface area contributed by atoms with Crippen LogP contribution in [-0.2, 0) is 5.54 Å². The van der Waals surface area contributed by atoms with Gasteiger partial charge in [-0.25, -0.2) is 9.50 Å². The molecule has 1 N–H and O–H groups in total. The Balaban J connectivity index is 1.93. The van der Waals surface area contributed by atoms with Crippen molar-refractivity contribution in [1.82, 2.24) is 19.6 Å². The predicted molar refractivity (Wildman–Crippen MR) is 76.5 cm³/mol. The van der Waals surface area contributed by atoms with Crippen molar-refractivity contribution in [3.8, 4) is 0 Å². The summed E-state index contributed by atoms with van der Waals surface area (Å²) in [5.41, 5.74) is 1.71. The van der Waals surface area contributed by atoms with E-state index in [4.69, 9.17) is 0 Å². The largest absolute Gasteiger partial charge is 0.342 e. The van der Waals surface area contributed by atoms with E-state index in [2.05, 4.69) is 34.2 Å². The monoisotopic (exact) mass is 273 g/mol. The van der Waals surface area contributed by atoms with Crippen LogP contribution in [0.3, 0.4) is 0 Å². The first kappa shape index (κ1) is 12.1. The molecule has 0 aliphatic rings. The van der Waals surface area contributed by atoms with Gasteiger partial charge in [-0.2, -0.15) is 4.98 Å². The first-order valence-electron chi connectivity index (χ1n) is 6.06. The zero-order valence-corrected chi connectivity index (χ0v) is 11.9. The number of anilines is 1. The highest BCUT2D eigenvalue weighted by molar-refractivity contribution is 7.09. The standard InChI is InChI=1S/C13H15N5S/c1-9-4-5-10-15-12(17-18(10)8-9)16-13(2,3)11-14-6-7-19-11/h4-8H,1-3H3,(H,16,17). The molecule has 0 radical (unpaired) electrons. The number of hydrogen-bond donors (Lipinski definition) is 1. The van der Waals surface area contributed by atoms with Gasteiger partial charge in [-0.05, 0) is 32.4 Å². The molecule has 0 aliphatic heterocycles. The minimum absolute atomic E-state index is 0.284. The number of pyridine rings is 1. The lowest BCUT2D eigenvalue weighted by atomic mass is 10.1. The lowest BCUT2D eigenvalue weighted by molar-refractivity contribution is 0.597. The Morgan fingerprint density at radius 2 is 2.16 bits per heavy atom. The molecule has 5 nitrogen and oxygen atoms in total. The number of fused-ring (bicyclic) bond motifs is 1. The lowest BCUT2D eigenvalue weighted by Crippen LogP contribution is -2.28. The lowest BCUT2D eigenvalue weighted by Gasteiger charge is -2.22. The Kier molecular flexibility index (Phi) is 2.74. The average Bonchev–Trinajstić information content (AvgIpc) is 2.95. The second-order valence-electron chi connectivity index (χ2n) is 5.03. The molecule has 0 aliphatic carbocycles. The Morgan fingerprint density at radius 3 is 2.89 bits per heavy atom. The average molecular weight is 273 g/mol. The van der Waals surface area contributed by atoms with Crippen LogP contribution in [0.5, 0.6) is 0 Å². The highest BCUT2D eigenvalue weighted by Crippen LogP contribution is 2.25. The van der Waals surface area contributed by atoms with E-state index in [9.17, 15) is 0 Å². The normalized spacial score (nSPS) is 11.9. The second kappa shape index (κ2) is 4.31. The molecule has 0 fully saturated rings. The molecule has 0 saturated carbocycles. The van der Waals surface area contributed by atoms with Crippen molar-refractivity contribution in [2.75, 3.05) is 5.32 Å². The fourth-order valence-corrected chi connectivity index (χ4v) is 2.62. The van der Waals surface area contributed by atoms with E-state index >= 15 is 0 Å². The van der Waals surface area contributed by atoms with Crippen molar-refractivity contribution in [3.05, 3.63) is 40.5 Å². The third kappa shape index (κ3) is 2.31. The first-order valence-corrected chi connectivity index (χ1v) is 6.94. The van der Waals surface area contributed by atoms with Gasteiger partial charge in [0.2, 0.25) is 5.95 Å². The molecule has 6 heteroatoms. The van der Waals surface area contributed by atoms with Gasteiger partial charge in [0.05, 0.1) is 5.54 Å². The summed E-state index contributed by atoms with van der Waals surface area (Å²) in [6.07, 6.45) is 3.77. The van der Waals surface area contributed by atoms with Crippen LogP contribution >= 0.6 is 11.3 Å². The van der Waals surface area contributed by atoms with Gasteiger partial charge in [-0.3, -0.25) is 0 Å². The van der Waals surface area contributed by atoms with Crippen LogP contribution in [-0.4, -0.2) is 19.6 Å². The second-order valence-corrected chi connectivity index (χ2v) is 5.93. The van der Waals surface area contributed by atoms with Crippen LogP contribution in [0, 0.1) is 6.92 Å². The molecule has 3 heterocycles. The van der Waals surface area contributed by atoms with Gasteiger partial charge in [0.25, 0.3) is 0 Å². The maximum absolute atomic E-state index is 4.47. The summed E-state index contributed by atoms with van der Waals surface area (Å²) in [5, 5.41) is 10.8. The molecule has 3 aromatic rings. The van der Waals surface area contributed by atoms with Gasteiger partial charge in [0.1, 0.15) is 5.01 Å². The van der Waals surface area contributed by atoms with Gasteiger partial charge in [0, 0.05) is 17.8 Å². The maximum atomic E-state index is 4.47. The van der Waals surface area contributed by atoms with Gasteiger partial charge < -0.3 is 5.32 Å². The number of rotatable bonds is 3. The zero-order valence-electron chi connectivity index (χ0n) is 11.1. The van der Waals surface area contributed by atoms with Gasteiger partial charge >= 0.3 is 0 Å². The molecular weight excluding hydrogens is 258 g/mol.